The van der Waals surface area contributed by atoms with Gasteiger partial charge in [-0.2, -0.15) is 0 Å². The Morgan fingerprint density at radius 3 is 2.00 bits per heavy atom. The van der Waals surface area contributed by atoms with E-state index in [1.54, 1.807) is 26.0 Å². The van der Waals surface area contributed by atoms with Crippen molar-refractivity contribution in [2.75, 3.05) is 6.54 Å². The summed E-state index contributed by atoms with van der Waals surface area (Å²) in [6.07, 6.45) is 3.73. The van der Waals surface area contributed by atoms with E-state index in [4.69, 9.17) is 8.83 Å². The summed E-state index contributed by atoms with van der Waals surface area (Å²) in [5.41, 5.74) is 1.02. The number of aryl methyl sites for hydroxylation is 2. The third-order valence-electron chi connectivity index (χ3n) is 3.81. The van der Waals surface area contributed by atoms with E-state index < -0.39 is 0 Å². The molecule has 130 valence electrons. The molecule has 6 nitrogen and oxygen atoms in total. The molecular formula is C18H24N2O4. The van der Waals surface area contributed by atoms with Crippen molar-refractivity contribution in [1.82, 2.24) is 10.6 Å². The molecule has 2 aromatic heterocycles. The highest BCUT2D eigenvalue weighted by Crippen LogP contribution is 2.12. The maximum atomic E-state index is 12.3. The van der Waals surface area contributed by atoms with Gasteiger partial charge in [-0.25, -0.2) is 0 Å². The molecule has 0 bridgehead atoms. The standard InChI is InChI=1S/C18H24N2O4/c1-11(2)9-14(20-18(22)16-6-8-24-13(16)4)10-19-17(21)15-5-7-23-12(15)3/h5-8,11,14H,9-10H2,1-4H3,(H,19,21)(H,20,22)/t14-/m0/s1. The minimum Gasteiger partial charge on any atom is -0.469 e. The van der Waals surface area contributed by atoms with Gasteiger partial charge in [0.2, 0.25) is 0 Å². The summed E-state index contributed by atoms with van der Waals surface area (Å²) in [5.74, 6) is 1.14. The molecule has 0 aromatic carbocycles. The summed E-state index contributed by atoms with van der Waals surface area (Å²) in [6.45, 7) is 7.98. The van der Waals surface area contributed by atoms with Crippen molar-refractivity contribution < 1.29 is 18.4 Å². The molecule has 0 aliphatic heterocycles. The van der Waals surface area contributed by atoms with Crippen LogP contribution >= 0.6 is 0 Å². The maximum Gasteiger partial charge on any atom is 0.255 e. The highest BCUT2D eigenvalue weighted by molar-refractivity contribution is 5.96. The molecule has 1 atom stereocenters. The second-order valence-corrected chi connectivity index (χ2v) is 6.29. The van der Waals surface area contributed by atoms with Crippen molar-refractivity contribution in [2.24, 2.45) is 5.92 Å². The topological polar surface area (TPSA) is 84.5 Å². The number of furan rings is 2. The number of hydrogen-bond acceptors (Lipinski definition) is 4. The van der Waals surface area contributed by atoms with Crippen LogP contribution in [0.5, 0.6) is 0 Å². The Balaban J connectivity index is 1.98. The van der Waals surface area contributed by atoms with E-state index in [0.29, 0.717) is 35.1 Å². The average molecular weight is 332 g/mol. The fourth-order valence-electron chi connectivity index (χ4n) is 2.58. The first-order valence-corrected chi connectivity index (χ1v) is 8.05. The lowest BCUT2D eigenvalue weighted by Gasteiger charge is -2.21. The number of carbonyl (C=O) groups excluding carboxylic acids is 2. The van der Waals surface area contributed by atoms with Crippen LogP contribution in [0.15, 0.2) is 33.5 Å². The number of amides is 2. The van der Waals surface area contributed by atoms with E-state index in [2.05, 4.69) is 24.5 Å². The number of hydrogen-bond donors (Lipinski definition) is 2. The van der Waals surface area contributed by atoms with Crippen LogP contribution in [0.4, 0.5) is 0 Å². The molecule has 2 amide bonds. The lowest BCUT2D eigenvalue weighted by molar-refractivity contribution is 0.0901. The first-order valence-electron chi connectivity index (χ1n) is 8.05. The lowest BCUT2D eigenvalue weighted by Crippen LogP contribution is -2.44. The van der Waals surface area contributed by atoms with Crippen LogP contribution in [0.1, 0.15) is 52.5 Å². The van der Waals surface area contributed by atoms with E-state index in [1.807, 2.05) is 0 Å². The molecule has 0 aliphatic carbocycles. The average Bonchev–Trinajstić information content (AvgIpc) is 3.12. The molecule has 0 saturated heterocycles. The first kappa shape index (κ1) is 17.8. The summed E-state index contributed by atoms with van der Waals surface area (Å²) in [5, 5.41) is 5.83. The van der Waals surface area contributed by atoms with Gasteiger partial charge in [-0.15, -0.1) is 0 Å². The first-order chi connectivity index (χ1) is 11.4. The molecule has 2 N–H and O–H groups in total. The van der Waals surface area contributed by atoms with Crippen LogP contribution in [-0.2, 0) is 0 Å². The van der Waals surface area contributed by atoms with Gasteiger partial charge in [0.05, 0.1) is 23.7 Å². The summed E-state index contributed by atoms with van der Waals surface area (Å²) in [6, 6.07) is 3.11. The molecule has 0 saturated carbocycles. The quantitative estimate of drug-likeness (QED) is 0.816. The number of nitrogens with one attached hydrogen (secondary N) is 2. The van der Waals surface area contributed by atoms with Crippen LogP contribution in [-0.4, -0.2) is 24.4 Å². The Hall–Kier alpha value is -2.50. The third kappa shape index (κ3) is 4.50. The third-order valence-corrected chi connectivity index (χ3v) is 3.81. The molecule has 24 heavy (non-hydrogen) atoms. The monoisotopic (exact) mass is 332 g/mol. The zero-order valence-electron chi connectivity index (χ0n) is 14.5. The van der Waals surface area contributed by atoms with Gasteiger partial charge in [0.15, 0.2) is 0 Å². The fraction of sp³-hybridized carbons (Fsp3) is 0.444. The maximum absolute atomic E-state index is 12.3. The van der Waals surface area contributed by atoms with Crippen LogP contribution in [0.2, 0.25) is 0 Å². The minimum absolute atomic E-state index is 0.164. The Morgan fingerprint density at radius 2 is 1.54 bits per heavy atom. The fourth-order valence-corrected chi connectivity index (χ4v) is 2.58. The van der Waals surface area contributed by atoms with Gasteiger partial charge in [0.25, 0.3) is 11.8 Å². The van der Waals surface area contributed by atoms with E-state index >= 15 is 0 Å². The highest BCUT2D eigenvalue weighted by atomic mass is 16.3. The molecule has 2 aromatic rings. The molecule has 0 fully saturated rings. The van der Waals surface area contributed by atoms with Gasteiger partial charge in [0, 0.05) is 12.6 Å². The van der Waals surface area contributed by atoms with Crippen LogP contribution < -0.4 is 10.6 Å². The minimum atomic E-state index is -0.205. The second-order valence-electron chi connectivity index (χ2n) is 6.29. The summed E-state index contributed by atoms with van der Waals surface area (Å²) < 4.78 is 10.3. The van der Waals surface area contributed by atoms with Crippen molar-refractivity contribution in [3.05, 3.63) is 47.3 Å². The zero-order valence-corrected chi connectivity index (χ0v) is 14.5. The van der Waals surface area contributed by atoms with E-state index in [1.165, 1.54) is 12.5 Å². The van der Waals surface area contributed by atoms with Crippen molar-refractivity contribution in [3.63, 3.8) is 0 Å². The molecule has 0 unspecified atom stereocenters. The van der Waals surface area contributed by atoms with Crippen LogP contribution in [0.3, 0.4) is 0 Å². The van der Waals surface area contributed by atoms with Crippen LogP contribution in [0, 0.1) is 19.8 Å². The molecule has 2 heterocycles. The van der Waals surface area contributed by atoms with Crippen molar-refractivity contribution >= 4 is 11.8 Å². The van der Waals surface area contributed by atoms with Crippen LogP contribution in [0.25, 0.3) is 0 Å². The summed E-state index contributed by atoms with van der Waals surface area (Å²) in [4.78, 5) is 24.5. The highest BCUT2D eigenvalue weighted by Gasteiger charge is 2.19. The molecule has 2 rings (SSSR count). The second kappa shape index (κ2) is 7.86. The number of rotatable bonds is 7. The van der Waals surface area contributed by atoms with E-state index in [-0.39, 0.29) is 17.9 Å². The lowest BCUT2D eigenvalue weighted by atomic mass is 10.0. The van der Waals surface area contributed by atoms with Gasteiger partial charge >= 0.3 is 0 Å². The van der Waals surface area contributed by atoms with Gasteiger partial charge < -0.3 is 19.5 Å². The molecule has 0 radical (unpaired) electrons. The van der Waals surface area contributed by atoms with Gasteiger partial charge in [-0.1, -0.05) is 13.8 Å². The number of carbonyl (C=O) groups is 2. The summed E-state index contributed by atoms with van der Waals surface area (Å²) in [7, 11) is 0. The molecule has 0 aliphatic rings. The van der Waals surface area contributed by atoms with Crippen molar-refractivity contribution in [1.29, 1.82) is 0 Å². The van der Waals surface area contributed by atoms with Gasteiger partial charge in [0.1, 0.15) is 11.5 Å². The Bertz CT molecular complexity index is 699. The van der Waals surface area contributed by atoms with Gasteiger partial charge in [-0.05, 0) is 38.3 Å². The Kier molecular flexibility index (Phi) is 5.84. The smallest absolute Gasteiger partial charge is 0.255 e. The molecular weight excluding hydrogens is 308 g/mol. The SMILES string of the molecule is Cc1occc1C(=O)NC[C@H](CC(C)C)NC(=O)c1ccoc1C. The predicted molar refractivity (Wildman–Crippen MR) is 89.9 cm³/mol. The Morgan fingerprint density at radius 1 is 1.00 bits per heavy atom. The van der Waals surface area contributed by atoms with Gasteiger partial charge in [-0.3, -0.25) is 9.59 Å². The van der Waals surface area contributed by atoms with E-state index in [9.17, 15) is 9.59 Å². The van der Waals surface area contributed by atoms with Crippen molar-refractivity contribution in [2.45, 2.75) is 40.2 Å². The largest absolute Gasteiger partial charge is 0.469 e. The zero-order chi connectivity index (χ0) is 17.7. The van der Waals surface area contributed by atoms with Crippen molar-refractivity contribution in [3.8, 4) is 0 Å². The Labute approximate surface area is 141 Å². The normalized spacial score (nSPS) is 12.2. The molecule has 0 spiro atoms. The van der Waals surface area contributed by atoms with E-state index in [0.717, 1.165) is 6.42 Å². The molecule has 6 heteroatoms. The summed E-state index contributed by atoms with van der Waals surface area (Å²) >= 11 is 0. The predicted octanol–water partition coefficient (Wildman–Crippen LogP) is 3.06.